The van der Waals surface area contributed by atoms with Crippen molar-refractivity contribution in [2.24, 2.45) is 0 Å². The van der Waals surface area contributed by atoms with Crippen LogP contribution in [0, 0.1) is 18.3 Å². The van der Waals surface area contributed by atoms with E-state index in [-0.39, 0.29) is 18.4 Å². The van der Waals surface area contributed by atoms with Crippen molar-refractivity contribution in [3.63, 3.8) is 0 Å². The summed E-state index contributed by atoms with van der Waals surface area (Å²) in [7, 11) is 0. The normalized spacial score (nSPS) is 11.5. The molecule has 6 heteroatoms. The molecule has 2 amide bonds. The zero-order valence-electron chi connectivity index (χ0n) is 16.5. The van der Waals surface area contributed by atoms with Gasteiger partial charge in [0.1, 0.15) is 0 Å². The molecule has 1 atom stereocenters. The highest BCUT2D eigenvalue weighted by atomic mass is 16.2. The van der Waals surface area contributed by atoms with Crippen molar-refractivity contribution in [2.45, 2.75) is 33.2 Å². The topological polar surface area (TPSA) is 85.2 Å². The first-order valence-electron chi connectivity index (χ1n) is 9.35. The zero-order chi connectivity index (χ0) is 20.5. The maximum Gasteiger partial charge on any atom is 0.241 e. The summed E-state index contributed by atoms with van der Waals surface area (Å²) >= 11 is 0. The first-order valence-corrected chi connectivity index (χ1v) is 9.35. The summed E-state index contributed by atoms with van der Waals surface area (Å²) in [5, 5.41) is 14.7. The van der Waals surface area contributed by atoms with Crippen LogP contribution in [-0.2, 0) is 9.59 Å². The molecule has 146 valence electrons. The Balaban J connectivity index is 2.02. The van der Waals surface area contributed by atoms with Crippen LogP contribution in [0.3, 0.4) is 0 Å². The largest absolute Gasteiger partial charge is 0.325 e. The Bertz CT molecular complexity index is 873. The van der Waals surface area contributed by atoms with Crippen LogP contribution in [0.15, 0.2) is 48.5 Å². The molecule has 28 heavy (non-hydrogen) atoms. The summed E-state index contributed by atoms with van der Waals surface area (Å²) < 4.78 is 0. The van der Waals surface area contributed by atoms with Gasteiger partial charge in [-0.25, -0.2) is 0 Å². The molecule has 0 fully saturated rings. The second kappa shape index (κ2) is 10.2. The van der Waals surface area contributed by atoms with Crippen molar-refractivity contribution in [3.05, 3.63) is 59.7 Å². The summed E-state index contributed by atoms with van der Waals surface area (Å²) in [5.74, 6) is -0.374. The van der Waals surface area contributed by atoms with Gasteiger partial charge in [0.05, 0.1) is 24.2 Å². The number of anilines is 2. The van der Waals surface area contributed by atoms with Crippen molar-refractivity contribution >= 4 is 23.2 Å². The fraction of sp³-hybridized carbons (Fsp3) is 0.318. The van der Waals surface area contributed by atoms with Gasteiger partial charge in [-0.3, -0.25) is 14.5 Å². The average Bonchev–Trinajstić information content (AvgIpc) is 2.69. The van der Waals surface area contributed by atoms with E-state index in [1.165, 1.54) is 0 Å². The Morgan fingerprint density at radius 2 is 1.89 bits per heavy atom. The number of hydrogen-bond donors (Lipinski definition) is 2. The highest BCUT2D eigenvalue weighted by Crippen LogP contribution is 2.14. The number of rotatable bonds is 8. The number of nitrogens with zero attached hydrogens (tertiary/aromatic N) is 2. The summed E-state index contributed by atoms with van der Waals surface area (Å²) in [6.07, 6.45) is 0.819. The van der Waals surface area contributed by atoms with Gasteiger partial charge in [-0.2, -0.15) is 5.26 Å². The minimum atomic E-state index is -0.492. The smallest absolute Gasteiger partial charge is 0.241 e. The van der Waals surface area contributed by atoms with Crippen molar-refractivity contribution in [1.29, 1.82) is 5.26 Å². The van der Waals surface area contributed by atoms with Gasteiger partial charge in [-0.15, -0.1) is 0 Å². The highest BCUT2D eigenvalue weighted by Gasteiger charge is 2.23. The molecule has 2 N–H and O–H groups in total. The Morgan fingerprint density at radius 1 is 1.14 bits per heavy atom. The molecule has 0 saturated heterocycles. The van der Waals surface area contributed by atoms with Gasteiger partial charge in [0.15, 0.2) is 0 Å². The molecule has 1 unspecified atom stereocenters. The lowest BCUT2D eigenvalue weighted by atomic mass is 10.2. The third-order valence-electron chi connectivity index (χ3n) is 4.46. The van der Waals surface area contributed by atoms with Crippen molar-refractivity contribution < 1.29 is 9.59 Å². The maximum atomic E-state index is 12.7. The lowest BCUT2D eigenvalue weighted by Gasteiger charge is -2.27. The van der Waals surface area contributed by atoms with Crippen LogP contribution in [0.25, 0.3) is 0 Å². The third-order valence-corrected chi connectivity index (χ3v) is 4.46. The molecule has 0 aliphatic rings. The Hall–Kier alpha value is -3.17. The molecule has 0 spiro atoms. The van der Waals surface area contributed by atoms with Crippen LogP contribution in [0.4, 0.5) is 11.4 Å². The van der Waals surface area contributed by atoms with E-state index in [1.54, 1.807) is 31.2 Å². The molecule has 0 heterocycles. The second-order valence-corrected chi connectivity index (χ2v) is 6.69. The number of carbonyl (C=O) groups is 2. The Morgan fingerprint density at radius 3 is 2.57 bits per heavy atom. The predicted molar refractivity (Wildman–Crippen MR) is 111 cm³/mol. The standard InChI is InChI=1S/C22H26N4O2/c1-4-12-26(15-21(27)25-20-11-6-5-8-16(20)2)17(3)22(28)24-19-10-7-9-18(13-19)14-23/h5-11,13,17H,4,12,15H2,1-3H3,(H,24,28)(H,25,27). The van der Waals surface area contributed by atoms with Crippen LogP contribution in [0.2, 0.25) is 0 Å². The number of amides is 2. The first kappa shape index (κ1) is 21.1. The van der Waals surface area contributed by atoms with E-state index in [9.17, 15) is 9.59 Å². The summed E-state index contributed by atoms with van der Waals surface area (Å²) in [4.78, 5) is 27.0. The van der Waals surface area contributed by atoms with Gasteiger partial charge < -0.3 is 10.6 Å². The third kappa shape index (κ3) is 5.93. The minimum Gasteiger partial charge on any atom is -0.325 e. The monoisotopic (exact) mass is 378 g/mol. The van der Waals surface area contributed by atoms with Gasteiger partial charge in [0, 0.05) is 11.4 Å². The van der Waals surface area contributed by atoms with Crippen LogP contribution >= 0.6 is 0 Å². The fourth-order valence-corrected chi connectivity index (χ4v) is 2.86. The number of hydrogen-bond acceptors (Lipinski definition) is 4. The van der Waals surface area contributed by atoms with E-state index in [0.29, 0.717) is 17.8 Å². The average molecular weight is 378 g/mol. The van der Waals surface area contributed by atoms with Crippen LogP contribution in [0.5, 0.6) is 0 Å². The molecular weight excluding hydrogens is 352 g/mol. The van der Waals surface area contributed by atoms with Crippen molar-refractivity contribution in [1.82, 2.24) is 4.90 Å². The number of para-hydroxylation sites is 1. The van der Waals surface area contributed by atoms with Crippen LogP contribution in [0.1, 0.15) is 31.4 Å². The maximum absolute atomic E-state index is 12.7. The Kier molecular flexibility index (Phi) is 7.73. The number of aryl methyl sites for hydroxylation is 1. The molecular formula is C22H26N4O2. The number of nitriles is 1. The van der Waals surface area contributed by atoms with Crippen molar-refractivity contribution in [2.75, 3.05) is 23.7 Å². The second-order valence-electron chi connectivity index (χ2n) is 6.69. The lowest BCUT2D eigenvalue weighted by Crippen LogP contribution is -2.46. The van der Waals surface area contributed by atoms with Crippen LogP contribution in [-0.4, -0.2) is 35.8 Å². The van der Waals surface area contributed by atoms with E-state index in [1.807, 2.05) is 43.0 Å². The minimum absolute atomic E-state index is 0.120. The Labute approximate surface area is 166 Å². The predicted octanol–water partition coefficient (Wildman–Crippen LogP) is 3.54. The quantitative estimate of drug-likeness (QED) is 0.736. The summed E-state index contributed by atoms with van der Waals surface area (Å²) in [6.45, 7) is 6.46. The molecule has 0 aliphatic heterocycles. The fourth-order valence-electron chi connectivity index (χ4n) is 2.86. The molecule has 0 aromatic heterocycles. The molecule has 0 radical (unpaired) electrons. The first-order chi connectivity index (χ1) is 13.4. The molecule has 2 rings (SSSR count). The van der Waals surface area contributed by atoms with Gasteiger partial charge in [-0.1, -0.05) is 31.2 Å². The van der Waals surface area contributed by atoms with E-state index < -0.39 is 6.04 Å². The van der Waals surface area contributed by atoms with E-state index in [4.69, 9.17) is 5.26 Å². The van der Waals surface area contributed by atoms with Crippen molar-refractivity contribution in [3.8, 4) is 6.07 Å². The number of carbonyl (C=O) groups excluding carboxylic acids is 2. The number of nitrogens with one attached hydrogen (secondary N) is 2. The molecule has 0 bridgehead atoms. The van der Waals surface area contributed by atoms with Gasteiger partial charge >= 0.3 is 0 Å². The molecule has 2 aromatic carbocycles. The summed E-state index contributed by atoms with van der Waals surface area (Å²) in [6, 6.07) is 15.9. The van der Waals surface area contributed by atoms with Gasteiger partial charge in [0.2, 0.25) is 11.8 Å². The van der Waals surface area contributed by atoms with Crippen LogP contribution < -0.4 is 10.6 Å². The zero-order valence-corrected chi connectivity index (χ0v) is 16.5. The molecule has 6 nitrogen and oxygen atoms in total. The van der Waals surface area contributed by atoms with E-state index in [2.05, 4.69) is 16.7 Å². The summed E-state index contributed by atoms with van der Waals surface area (Å²) in [5.41, 5.74) is 2.81. The molecule has 0 saturated carbocycles. The number of benzene rings is 2. The molecule has 2 aromatic rings. The van der Waals surface area contributed by atoms with E-state index >= 15 is 0 Å². The van der Waals surface area contributed by atoms with Gasteiger partial charge in [-0.05, 0) is 56.6 Å². The lowest BCUT2D eigenvalue weighted by molar-refractivity contribution is -0.123. The SMILES string of the molecule is CCCN(CC(=O)Nc1ccccc1C)C(C)C(=O)Nc1cccc(C#N)c1. The van der Waals surface area contributed by atoms with Gasteiger partial charge in [0.25, 0.3) is 0 Å². The van der Waals surface area contributed by atoms with E-state index in [0.717, 1.165) is 17.7 Å². The highest BCUT2D eigenvalue weighted by molar-refractivity contribution is 5.96. The molecule has 0 aliphatic carbocycles.